The van der Waals surface area contributed by atoms with Crippen LogP contribution in [0.15, 0.2) is 42.7 Å². The van der Waals surface area contributed by atoms with E-state index in [2.05, 4.69) is 40.2 Å². The predicted octanol–water partition coefficient (Wildman–Crippen LogP) is 3.85. The van der Waals surface area contributed by atoms with Crippen molar-refractivity contribution in [3.05, 3.63) is 48.4 Å². The van der Waals surface area contributed by atoms with Crippen molar-refractivity contribution in [3.8, 4) is 17.3 Å². The van der Waals surface area contributed by atoms with Gasteiger partial charge in [-0.15, -0.1) is 0 Å². The Bertz CT molecular complexity index is 742. The molecule has 0 radical (unpaired) electrons. The average Bonchev–Trinajstić information content (AvgIpc) is 3.25. The molecule has 2 aromatic rings. The van der Waals surface area contributed by atoms with Crippen molar-refractivity contribution in [2.75, 3.05) is 0 Å². The van der Waals surface area contributed by atoms with Gasteiger partial charge in [0.2, 0.25) is 0 Å². The molecule has 2 fully saturated rings. The molecule has 0 saturated heterocycles. The summed E-state index contributed by atoms with van der Waals surface area (Å²) in [5.41, 5.74) is 3.34. The summed E-state index contributed by atoms with van der Waals surface area (Å²) in [6.07, 6.45) is 12.3. The zero-order valence-corrected chi connectivity index (χ0v) is 12.4. The van der Waals surface area contributed by atoms with Gasteiger partial charge < -0.3 is 0 Å². The highest BCUT2D eigenvalue weighted by atomic mass is 15.3. The minimum Gasteiger partial charge on any atom is -0.269 e. The number of hydrogen-bond acceptors (Lipinski definition) is 3. The summed E-state index contributed by atoms with van der Waals surface area (Å²) in [6.45, 7) is 0. The number of nitriles is 1. The van der Waals surface area contributed by atoms with Crippen LogP contribution in [0.1, 0.15) is 43.3 Å². The molecular formula is C18H18N4. The van der Waals surface area contributed by atoms with Crippen LogP contribution < -0.4 is 0 Å². The second kappa shape index (κ2) is 5.42. The van der Waals surface area contributed by atoms with Crippen LogP contribution in [0, 0.1) is 17.2 Å². The minimum absolute atomic E-state index is 0.453. The zero-order chi connectivity index (χ0) is 14.9. The monoisotopic (exact) mass is 290 g/mol. The lowest BCUT2D eigenvalue weighted by Gasteiger charge is -2.33. The highest BCUT2D eigenvalue weighted by Gasteiger charge is 2.29. The predicted molar refractivity (Wildman–Crippen MR) is 83.9 cm³/mol. The van der Waals surface area contributed by atoms with Gasteiger partial charge in [-0.2, -0.15) is 10.4 Å². The van der Waals surface area contributed by atoms with E-state index in [1.54, 1.807) is 6.08 Å². The van der Waals surface area contributed by atoms with Gasteiger partial charge in [-0.3, -0.25) is 9.67 Å². The van der Waals surface area contributed by atoms with Crippen LogP contribution in [0.25, 0.3) is 11.3 Å². The molecule has 0 amide bonds. The fourth-order valence-electron chi connectivity index (χ4n) is 3.07. The number of rotatable bonds is 4. The van der Waals surface area contributed by atoms with E-state index >= 15 is 0 Å². The first-order chi connectivity index (χ1) is 10.8. The van der Waals surface area contributed by atoms with Crippen LogP contribution in [-0.4, -0.2) is 14.8 Å². The van der Waals surface area contributed by atoms with Crippen molar-refractivity contribution in [2.24, 2.45) is 5.92 Å². The molecular weight excluding hydrogens is 272 g/mol. The van der Waals surface area contributed by atoms with Crippen LogP contribution in [0.5, 0.6) is 0 Å². The van der Waals surface area contributed by atoms with Crippen LogP contribution in [0.4, 0.5) is 0 Å². The summed E-state index contributed by atoms with van der Waals surface area (Å²) in [7, 11) is 0. The second-order valence-electron chi connectivity index (χ2n) is 6.30. The Balaban J connectivity index is 1.47. The van der Waals surface area contributed by atoms with Crippen LogP contribution in [0.3, 0.4) is 0 Å². The first-order valence-electron chi connectivity index (χ1n) is 7.91. The number of nitrogens with zero attached hydrogens (tertiary/aromatic N) is 4. The van der Waals surface area contributed by atoms with Crippen LogP contribution >= 0.6 is 0 Å². The standard InChI is InChI=1S/C18H18N4/c19-8-2-3-13-9-16(10-13)22-12-15(11-20-22)18-5-1-4-17(21-18)14-6-7-14/h1-5,11-14,16H,6-7,9-10H2/b3-2+. The molecule has 4 nitrogen and oxygen atoms in total. The Hall–Kier alpha value is -2.41. The Morgan fingerprint density at radius 3 is 2.91 bits per heavy atom. The van der Waals surface area contributed by atoms with Crippen molar-refractivity contribution in [2.45, 2.75) is 37.6 Å². The van der Waals surface area contributed by atoms with E-state index in [4.69, 9.17) is 10.2 Å². The molecule has 2 aliphatic carbocycles. The van der Waals surface area contributed by atoms with E-state index in [1.807, 2.05) is 12.3 Å². The number of aromatic nitrogens is 3. The topological polar surface area (TPSA) is 54.5 Å². The second-order valence-corrected chi connectivity index (χ2v) is 6.30. The molecule has 22 heavy (non-hydrogen) atoms. The first-order valence-corrected chi connectivity index (χ1v) is 7.91. The molecule has 2 heterocycles. The molecule has 2 saturated carbocycles. The third-order valence-corrected chi connectivity index (χ3v) is 4.63. The normalized spacial score (nSPS) is 24.1. The largest absolute Gasteiger partial charge is 0.269 e. The average molecular weight is 290 g/mol. The Morgan fingerprint density at radius 2 is 2.14 bits per heavy atom. The number of pyridine rings is 1. The van der Waals surface area contributed by atoms with Crippen molar-refractivity contribution < 1.29 is 0 Å². The molecule has 0 N–H and O–H groups in total. The lowest BCUT2D eigenvalue weighted by atomic mass is 9.80. The SMILES string of the molecule is N#C/C=C/C1CC(n2cc(-c3cccc(C4CC4)n3)cn2)C1. The molecule has 2 aliphatic rings. The summed E-state index contributed by atoms with van der Waals surface area (Å²) in [5.74, 6) is 1.20. The molecule has 4 heteroatoms. The van der Waals surface area contributed by atoms with Gasteiger partial charge >= 0.3 is 0 Å². The van der Waals surface area contributed by atoms with E-state index in [9.17, 15) is 0 Å². The van der Waals surface area contributed by atoms with Gasteiger partial charge in [0.1, 0.15) is 0 Å². The zero-order valence-electron chi connectivity index (χ0n) is 12.4. The summed E-state index contributed by atoms with van der Waals surface area (Å²) >= 11 is 0. The fourth-order valence-corrected chi connectivity index (χ4v) is 3.07. The lowest BCUT2D eigenvalue weighted by Crippen LogP contribution is -2.25. The molecule has 0 atom stereocenters. The van der Waals surface area contributed by atoms with Gasteiger partial charge in [-0.1, -0.05) is 12.1 Å². The highest BCUT2D eigenvalue weighted by molar-refractivity contribution is 5.57. The Kier molecular flexibility index (Phi) is 3.27. The van der Waals surface area contributed by atoms with E-state index in [0.717, 1.165) is 24.1 Å². The molecule has 110 valence electrons. The van der Waals surface area contributed by atoms with Gasteiger partial charge in [-0.05, 0) is 43.7 Å². The molecule has 4 rings (SSSR count). The molecule has 0 unspecified atom stereocenters. The lowest BCUT2D eigenvalue weighted by molar-refractivity contribution is 0.224. The third-order valence-electron chi connectivity index (χ3n) is 4.63. The number of allylic oxidation sites excluding steroid dienone is 2. The van der Waals surface area contributed by atoms with E-state index in [-0.39, 0.29) is 0 Å². The van der Waals surface area contributed by atoms with Gasteiger partial charge in [0, 0.05) is 29.4 Å². The summed E-state index contributed by atoms with van der Waals surface area (Å²) < 4.78 is 2.05. The Morgan fingerprint density at radius 1 is 1.27 bits per heavy atom. The molecule has 2 aromatic heterocycles. The van der Waals surface area contributed by atoms with Gasteiger partial charge in [0.05, 0.1) is 24.0 Å². The van der Waals surface area contributed by atoms with Crippen molar-refractivity contribution in [3.63, 3.8) is 0 Å². The smallest absolute Gasteiger partial charge is 0.0908 e. The Labute approximate surface area is 130 Å². The van der Waals surface area contributed by atoms with E-state index in [1.165, 1.54) is 18.5 Å². The van der Waals surface area contributed by atoms with Crippen LogP contribution in [-0.2, 0) is 0 Å². The van der Waals surface area contributed by atoms with Gasteiger partial charge in [-0.25, -0.2) is 0 Å². The maximum absolute atomic E-state index is 8.55. The van der Waals surface area contributed by atoms with Crippen LogP contribution in [0.2, 0.25) is 0 Å². The molecule has 0 aliphatic heterocycles. The maximum Gasteiger partial charge on any atom is 0.0908 e. The maximum atomic E-state index is 8.55. The summed E-state index contributed by atoms with van der Waals surface area (Å²) in [6, 6.07) is 8.79. The molecule has 0 aromatic carbocycles. The van der Waals surface area contributed by atoms with E-state index in [0.29, 0.717) is 17.9 Å². The van der Waals surface area contributed by atoms with Crippen molar-refractivity contribution >= 4 is 0 Å². The first kappa shape index (κ1) is 13.3. The summed E-state index contributed by atoms with van der Waals surface area (Å²) in [5, 5.41) is 13.1. The molecule has 0 bridgehead atoms. The quantitative estimate of drug-likeness (QED) is 0.804. The van der Waals surface area contributed by atoms with E-state index < -0.39 is 0 Å². The van der Waals surface area contributed by atoms with Gasteiger partial charge in [0.25, 0.3) is 0 Å². The van der Waals surface area contributed by atoms with Crippen molar-refractivity contribution in [1.82, 2.24) is 14.8 Å². The van der Waals surface area contributed by atoms with Gasteiger partial charge in [0.15, 0.2) is 0 Å². The third kappa shape index (κ3) is 2.55. The highest BCUT2D eigenvalue weighted by Crippen LogP contribution is 2.40. The van der Waals surface area contributed by atoms with Crippen molar-refractivity contribution in [1.29, 1.82) is 5.26 Å². The number of hydrogen-bond donors (Lipinski definition) is 0. The minimum atomic E-state index is 0.453. The molecule has 0 spiro atoms. The fraction of sp³-hybridized carbons (Fsp3) is 0.389. The summed E-state index contributed by atoms with van der Waals surface area (Å²) in [4.78, 5) is 4.78.